The molecule has 156 valence electrons. The first-order chi connectivity index (χ1) is 14.5. The van der Waals surface area contributed by atoms with Crippen LogP contribution in [0.2, 0.25) is 0 Å². The summed E-state index contributed by atoms with van der Waals surface area (Å²) in [5.74, 6) is 0.597. The number of rotatable bonds is 8. The van der Waals surface area contributed by atoms with E-state index in [0.717, 1.165) is 5.56 Å². The molecule has 0 spiro atoms. The first kappa shape index (κ1) is 21.6. The number of amides is 3. The van der Waals surface area contributed by atoms with E-state index in [-0.39, 0.29) is 11.7 Å². The molecule has 3 aromatic rings. The van der Waals surface area contributed by atoms with Crippen LogP contribution < -0.4 is 20.7 Å². The summed E-state index contributed by atoms with van der Waals surface area (Å²) in [6, 6.07) is 14.3. The third-order valence-electron chi connectivity index (χ3n) is 3.72. The number of ether oxygens (including phenoxy) is 1. The van der Waals surface area contributed by atoms with Gasteiger partial charge in [-0.3, -0.25) is 10.1 Å². The van der Waals surface area contributed by atoms with Crippen molar-refractivity contribution in [3.63, 3.8) is 0 Å². The monoisotopic (exact) mass is 443 g/mol. The number of anilines is 3. The van der Waals surface area contributed by atoms with E-state index >= 15 is 0 Å². The minimum Gasteiger partial charge on any atom is -0.492 e. The molecule has 3 amide bonds. The van der Waals surface area contributed by atoms with Crippen LogP contribution in [0.3, 0.4) is 0 Å². The molecule has 0 unspecified atom stereocenters. The number of benzene rings is 2. The first-order valence-electron chi connectivity index (χ1n) is 9.16. The van der Waals surface area contributed by atoms with Gasteiger partial charge >= 0.3 is 6.03 Å². The molecule has 0 bridgehead atoms. The van der Waals surface area contributed by atoms with Gasteiger partial charge in [0.2, 0.25) is 11.0 Å². The van der Waals surface area contributed by atoms with Crippen molar-refractivity contribution in [2.75, 3.05) is 28.3 Å². The first-order valence-corrected chi connectivity index (χ1v) is 11.0. The van der Waals surface area contributed by atoms with Gasteiger partial charge < -0.3 is 15.4 Å². The Bertz CT molecular complexity index is 1010. The van der Waals surface area contributed by atoms with Crippen LogP contribution >= 0.6 is 23.1 Å². The van der Waals surface area contributed by atoms with E-state index in [1.165, 1.54) is 23.1 Å². The zero-order valence-electron chi connectivity index (χ0n) is 16.5. The Kier molecular flexibility index (Phi) is 7.63. The molecule has 0 aliphatic heterocycles. The number of hydrogen-bond donors (Lipinski definition) is 3. The fraction of sp³-hybridized carbons (Fsp3) is 0.200. The Morgan fingerprint density at radius 1 is 1.03 bits per heavy atom. The maximum absolute atomic E-state index is 12.2. The van der Waals surface area contributed by atoms with E-state index in [1.807, 2.05) is 50.2 Å². The SMILES string of the molecule is CCOc1ccccc1NC(=O)CSc1nnc(NC(=O)Nc2ccc(C)cc2)s1. The molecule has 3 N–H and O–H groups in total. The minimum absolute atomic E-state index is 0.157. The van der Waals surface area contributed by atoms with Crippen molar-refractivity contribution < 1.29 is 14.3 Å². The van der Waals surface area contributed by atoms with E-state index in [9.17, 15) is 9.59 Å². The number of aryl methyl sites for hydroxylation is 1. The fourth-order valence-corrected chi connectivity index (χ4v) is 3.93. The highest BCUT2D eigenvalue weighted by molar-refractivity contribution is 8.01. The summed E-state index contributed by atoms with van der Waals surface area (Å²) in [4.78, 5) is 24.3. The predicted octanol–water partition coefficient (Wildman–Crippen LogP) is 4.62. The molecule has 8 nitrogen and oxygen atoms in total. The number of urea groups is 1. The number of nitrogens with zero attached hydrogens (tertiary/aromatic N) is 2. The van der Waals surface area contributed by atoms with E-state index in [0.29, 0.717) is 33.2 Å². The largest absolute Gasteiger partial charge is 0.492 e. The lowest BCUT2D eigenvalue weighted by atomic mass is 10.2. The Labute approximate surface area is 182 Å². The molecule has 10 heteroatoms. The number of carbonyl (C=O) groups is 2. The molecule has 30 heavy (non-hydrogen) atoms. The fourth-order valence-electron chi connectivity index (χ4n) is 2.38. The van der Waals surface area contributed by atoms with Crippen LogP contribution in [0.15, 0.2) is 52.9 Å². The molecule has 3 rings (SSSR count). The summed E-state index contributed by atoms with van der Waals surface area (Å²) in [5.41, 5.74) is 2.41. The minimum atomic E-state index is -0.406. The molecule has 0 atom stereocenters. The molecule has 2 aromatic carbocycles. The summed E-state index contributed by atoms with van der Waals surface area (Å²) in [7, 11) is 0. The van der Waals surface area contributed by atoms with Crippen molar-refractivity contribution >= 4 is 51.5 Å². The Balaban J connectivity index is 1.47. The van der Waals surface area contributed by atoms with Crippen molar-refractivity contribution in [1.82, 2.24) is 10.2 Å². The van der Waals surface area contributed by atoms with E-state index in [1.54, 1.807) is 12.1 Å². The molecular weight excluding hydrogens is 422 g/mol. The number of hydrogen-bond acceptors (Lipinski definition) is 7. The normalized spacial score (nSPS) is 10.3. The van der Waals surface area contributed by atoms with Gasteiger partial charge in [-0.1, -0.05) is 52.9 Å². The summed E-state index contributed by atoms with van der Waals surface area (Å²) in [5, 5.41) is 16.5. The van der Waals surface area contributed by atoms with Crippen LogP contribution in [0, 0.1) is 6.92 Å². The van der Waals surface area contributed by atoms with Gasteiger partial charge in [-0.2, -0.15) is 0 Å². The summed E-state index contributed by atoms with van der Waals surface area (Å²) >= 11 is 2.44. The lowest BCUT2D eigenvalue weighted by Gasteiger charge is -2.10. The topological polar surface area (TPSA) is 105 Å². The smallest absolute Gasteiger partial charge is 0.325 e. The zero-order valence-corrected chi connectivity index (χ0v) is 18.1. The van der Waals surface area contributed by atoms with Crippen LogP contribution in [-0.2, 0) is 4.79 Å². The lowest BCUT2D eigenvalue weighted by Crippen LogP contribution is -2.19. The van der Waals surface area contributed by atoms with Crippen LogP contribution in [-0.4, -0.2) is 34.5 Å². The maximum Gasteiger partial charge on any atom is 0.325 e. The second-order valence-corrected chi connectivity index (χ2v) is 8.28. The average Bonchev–Trinajstić information content (AvgIpc) is 3.17. The van der Waals surface area contributed by atoms with Gasteiger partial charge in [0.15, 0.2) is 4.34 Å². The highest BCUT2D eigenvalue weighted by atomic mass is 32.2. The second-order valence-electron chi connectivity index (χ2n) is 6.08. The number of carbonyl (C=O) groups excluding carboxylic acids is 2. The highest BCUT2D eigenvalue weighted by Gasteiger charge is 2.12. The van der Waals surface area contributed by atoms with Crippen molar-refractivity contribution in [2.24, 2.45) is 0 Å². The molecule has 0 saturated carbocycles. The van der Waals surface area contributed by atoms with E-state index < -0.39 is 6.03 Å². The van der Waals surface area contributed by atoms with Crippen LogP contribution in [0.4, 0.5) is 21.3 Å². The average molecular weight is 444 g/mol. The molecule has 0 aliphatic rings. The summed E-state index contributed by atoms with van der Waals surface area (Å²) in [6.45, 7) is 4.37. The van der Waals surface area contributed by atoms with Crippen LogP contribution in [0.25, 0.3) is 0 Å². The molecule has 1 heterocycles. The third kappa shape index (κ3) is 6.46. The van der Waals surface area contributed by atoms with Crippen molar-refractivity contribution in [3.05, 3.63) is 54.1 Å². The Morgan fingerprint density at radius 3 is 2.57 bits per heavy atom. The van der Waals surface area contributed by atoms with Gasteiger partial charge in [-0.25, -0.2) is 4.79 Å². The van der Waals surface area contributed by atoms with Crippen molar-refractivity contribution in [2.45, 2.75) is 18.2 Å². The van der Waals surface area contributed by atoms with E-state index in [2.05, 4.69) is 26.1 Å². The van der Waals surface area contributed by atoms with Crippen molar-refractivity contribution in [3.8, 4) is 5.75 Å². The molecule has 0 radical (unpaired) electrons. The molecule has 0 fully saturated rings. The molecule has 1 aromatic heterocycles. The quantitative estimate of drug-likeness (QED) is 0.347. The van der Waals surface area contributed by atoms with Crippen LogP contribution in [0.1, 0.15) is 12.5 Å². The predicted molar refractivity (Wildman–Crippen MR) is 121 cm³/mol. The van der Waals surface area contributed by atoms with Gasteiger partial charge in [0.25, 0.3) is 0 Å². The van der Waals surface area contributed by atoms with Gasteiger partial charge in [-0.15, -0.1) is 10.2 Å². The van der Waals surface area contributed by atoms with Gasteiger partial charge in [-0.05, 0) is 38.1 Å². The van der Waals surface area contributed by atoms with Gasteiger partial charge in [0, 0.05) is 5.69 Å². The van der Waals surface area contributed by atoms with Crippen molar-refractivity contribution in [1.29, 1.82) is 0 Å². The Hall–Kier alpha value is -3.11. The summed E-state index contributed by atoms with van der Waals surface area (Å²) < 4.78 is 6.08. The molecule has 0 aliphatic carbocycles. The van der Waals surface area contributed by atoms with E-state index in [4.69, 9.17) is 4.74 Å². The highest BCUT2D eigenvalue weighted by Crippen LogP contribution is 2.27. The van der Waals surface area contributed by atoms with Gasteiger partial charge in [0.05, 0.1) is 18.0 Å². The Morgan fingerprint density at radius 2 is 1.80 bits per heavy atom. The maximum atomic E-state index is 12.2. The number of para-hydroxylation sites is 2. The van der Waals surface area contributed by atoms with Crippen LogP contribution in [0.5, 0.6) is 5.75 Å². The molecular formula is C20H21N5O3S2. The zero-order chi connectivity index (χ0) is 21.3. The number of aromatic nitrogens is 2. The summed E-state index contributed by atoms with van der Waals surface area (Å²) in [6.07, 6.45) is 0. The standard InChI is InChI=1S/C20H21N5O3S2/c1-3-28-16-7-5-4-6-15(16)22-17(26)12-29-20-25-24-19(30-20)23-18(27)21-14-10-8-13(2)9-11-14/h4-11H,3,12H2,1-2H3,(H,22,26)(H2,21,23,24,27). The molecule has 0 saturated heterocycles. The number of nitrogens with one attached hydrogen (secondary N) is 3. The van der Waals surface area contributed by atoms with Gasteiger partial charge in [0.1, 0.15) is 5.75 Å². The number of thioether (sulfide) groups is 1. The third-order valence-corrected chi connectivity index (χ3v) is 5.70. The lowest BCUT2D eigenvalue weighted by molar-refractivity contribution is -0.113. The second kappa shape index (κ2) is 10.6.